The molecule has 0 radical (unpaired) electrons. The number of aliphatic imine (C=N–C) groups is 1. The molecule has 5 heteroatoms. The fourth-order valence-corrected chi connectivity index (χ4v) is 1.44. The number of rotatable bonds is 4. The first-order valence-electron chi connectivity index (χ1n) is 5.87. The lowest BCUT2D eigenvalue weighted by molar-refractivity contribution is 0.624. The summed E-state index contributed by atoms with van der Waals surface area (Å²) in [6.07, 6.45) is 1.07. The highest BCUT2D eigenvalue weighted by Crippen LogP contribution is 2.08. The monoisotopic (exact) mass is 381 g/mol. The highest BCUT2D eigenvalue weighted by Gasteiger charge is 2.02. The van der Waals surface area contributed by atoms with Crippen LogP contribution in [0.15, 0.2) is 29.3 Å². The van der Waals surface area contributed by atoms with E-state index in [1.54, 1.807) is 7.05 Å². The summed E-state index contributed by atoms with van der Waals surface area (Å²) >= 11 is 5.83. The van der Waals surface area contributed by atoms with Gasteiger partial charge in [0.1, 0.15) is 0 Å². The summed E-state index contributed by atoms with van der Waals surface area (Å²) in [7, 11) is 1.78. The Kier molecular flexibility index (Phi) is 9.18. The Hall–Kier alpha value is -0.490. The number of hydrogen-bond acceptors (Lipinski definition) is 1. The van der Waals surface area contributed by atoms with Crippen molar-refractivity contribution in [1.82, 2.24) is 10.6 Å². The van der Waals surface area contributed by atoms with E-state index in [1.165, 1.54) is 5.56 Å². The maximum Gasteiger partial charge on any atom is 0.191 e. The largest absolute Gasteiger partial charge is 0.354 e. The average molecular weight is 382 g/mol. The van der Waals surface area contributed by atoms with Crippen LogP contribution in [0.5, 0.6) is 0 Å². The molecule has 0 fully saturated rings. The fraction of sp³-hybridized carbons (Fsp3) is 0.462. The van der Waals surface area contributed by atoms with Crippen LogP contribution in [0.4, 0.5) is 0 Å². The normalized spacial score (nSPS) is 12.6. The summed E-state index contributed by atoms with van der Waals surface area (Å²) < 4.78 is 0. The van der Waals surface area contributed by atoms with Crippen LogP contribution in [0.3, 0.4) is 0 Å². The maximum atomic E-state index is 5.83. The predicted molar refractivity (Wildman–Crippen MR) is 90.0 cm³/mol. The Morgan fingerprint density at radius 3 is 2.44 bits per heavy atom. The van der Waals surface area contributed by atoms with E-state index in [9.17, 15) is 0 Å². The molecule has 0 spiro atoms. The second kappa shape index (κ2) is 9.44. The Balaban J connectivity index is 0.00000289. The molecular weight excluding hydrogens is 361 g/mol. The second-order valence-corrected chi connectivity index (χ2v) is 4.44. The molecule has 0 saturated heterocycles. The number of nitrogens with zero attached hydrogens (tertiary/aromatic N) is 1. The third-order valence-electron chi connectivity index (χ3n) is 2.59. The molecule has 2 N–H and O–H groups in total. The van der Waals surface area contributed by atoms with Gasteiger partial charge in [0.2, 0.25) is 0 Å². The molecule has 0 aliphatic heterocycles. The van der Waals surface area contributed by atoms with Crippen LogP contribution in [0.1, 0.15) is 25.8 Å². The zero-order valence-corrected chi connectivity index (χ0v) is 14.1. The van der Waals surface area contributed by atoms with Gasteiger partial charge in [0, 0.05) is 24.7 Å². The Labute approximate surface area is 131 Å². The van der Waals surface area contributed by atoms with Crippen molar-refractivity contribution in [3.8, 4) is 0 Å². The lowest BCUT2D eigenvalue weighted by atomic mass is 10.2. The van der Waals surface area contributed by atoms with Gasteiger partial charge >= 0.3 is 0 Å². The topological polar surface area (TPSA) is 36.4 Å². The number of hydrogen-bond donors (Lipinski definition) is 2. The van der Waals surface area contributed by atoms with Gasteiger partial charge in [-0.3, -0.25) is 4.99 Å². The first kappa shape index (κ1) is 17.5. The van der Waals surface area contributed by atoms with Crippen molar-refractivity contribution in [2.75, 3.05) is 7.05 Å². The SMILES string of the molecule is CCC(C)NC(=NC)NCc1ccc(Cl)cc1.I. The summed E-state index contributed by atoms with van der Waals surface area (Å²) in [5, 5.41) is 7.34. The fourth-order valence-electron chi connectivity index (χ4n) is 1.32. The van der Waals surface area contributed by atoms with Crippen molar-refractivity contribution in [2.24, 2.45) is 4.99 Å². The highest BCUT2D eigenvalue weighted by molar-refractivity contribution is 14.0. The number of halogens is 2. The Morgan fingerprint density at radius 2 is 1.94 bits per heavy atom. The van der Waals surface area contributed by atoms with Crippen molar-refractivity contribution in [3.63, 3.8) is 0 Å². The van der Waals surface area contributed by atoms with Crippen LogP contribution in [0, 0.1) is 0 Å². The van der Waals surface area contributed by atoms with Crippen LogP contribution in [-0.4, -0.2) is 19.0 Å². The van der Waals surface area contributed by atoms with Crippen molar-refractivity contribution in [1.29, 1.82) is 0 Å². The molecule has 0 amide bonds. The highest BCUT2D eigenvalue weighted by atomic mass is 127. The molecule has 0 aromatic heterocycles. The van der Waals surface area contributed by atoms with Gasteiger partial charge in [0.15, 0.2) is 5.96 Å². The lowest BCUT2D eigenvalue weighted by Gasteiger charge is -2.16. The molecule has 1 unspecified atom stereocenters. The minimum atomic E-state index is 0. The summed E-state index contributed by atoms with van der Waals surface area (Å²) in [6.45, 7) is 5.02. The van der Waals surface area contributed by atoms with Gasteiger partial charge in [-0.05, 0) is 31.0 Å². The Bertz CT molecular complexity index is 365. The van der Waals surface area contributed by atoms with E-state index in [2.05, 4.69) is 29.5 Å². The van der Waals surface area contributed by atoms with E-state index in [4.69, 9.17) is 11.6 Å². The summed E-state index contributed by atoms with van der Waals surface area (Å²) in [5.41, 5.74) is 1.18. The van der Waals surface area contributed by atoms with Crippen molar-refractivity contribution >= 4 is 41.5 Å². The van der Waals surface area contributed by atoms with Crippen molar-refractivity contribution in [2.45, 2.75) is 32.9 Å². The van der Waals surface area contributed by atoms with Gasteiger partial charge in [0.25, 0.3) is 0 Å². The molecule has 1 aromatic carbocycles. The van der Waals surface area contributed by atoms with Gasteiger partial charge in [-0.25, -0.2) is 0 Å². The summed E-state index contributed by atoms with van der Waals surface area (Å²) in [5.74, 6) is 0.828. The van der Waals surface area contributed by atoms with Crippen LogP contribution in [0.25, 0.3) is 0 Å². The van der Waals surface area contributed by atoms with Crippen LogP contribution < -0.4 is 10.6 Å². The van der Waals surface area contributed by atoms with E-state index in [1.807, 2.05) is 24.3 Å². The zero-order valence-electron chi connectivity index (χ0n) is 11.0. The van der Waals surface area contributed by atoms with E-state index in [0.717, 1.165) is 23.9 Å². The molecule has 1 atom stereocenters. The standard InChI is InChI=1S/C13H20ClN3.HI/c1-4-10(2)17-13(15-3)16-9-11-5-7-12(14)8-6-11;/h5-8,10H,4,9H2,1-3H3,(H2,15,16,17);1H. The van der Waals surface area contributed by atoms with E-state index < -0.39 is 0 Å². The van der Waals surface area contributed by atoms with Gasteiger partial charge in [-0.15, -0.1) is 24.0 Å². The van der Waals surface area contributed by atoms with Crippen molar-refractivity contribution in [3.05, 3.63) is 34.9 Å². The summed E-state index contributed by atoms with van der Waals surface area (Å²) in [6, 6.07) is 8.22. The molecule has 1 rings (SSSR count). The predicted octanol–water partition coefficient (Wildman–Crippen LogP) is 3.42. The van der Waals surface area contributed by atoms with Crippen LogP contribution >= 0.6 is 35.6 Å². The third-order valence-corrected chi connectivity index (χ3v) is 2.84. The number of guanidine groups is 1. The average Bonchev–Trinajstić information content (AvgIpc) is 2.36. The molecular formula is C13H21ClIN3. The molecule has 0 heterocycles. The van der Waals surface area contributed by atoms with E-state index in [0.29, 0.717) is 6.04 Å². The van der Waals surface area contributed by atoms with Gasteiger partial charge in [-0.2, -0.15) is 0 Å². The number of nitrogens with one attached hydrogen (secondary N) is 2. The quantitative estimate of drug-likeness (QED) is 0.476. The van der Waals surface area contributed by atoms with Crippen LogP contribution in [0.2, 0.25) is 5.02 Å². The van der Waals surface area contributed by atoms with Gasteiger partial charge < -0.3 is 10.6 Å². The summed E-state index contributed by atoms with van der Waals surface area (Å²) in [4.78, 5) is 4.18. The minimum Gasteiger partial charge on any atom is -0.354 e. The molecule has 0 aliphatic carbocycles. The smallest absolute Gasteiger partial charge is 0.191 e. The maximum absolute atomic E-state index is 5.83. The first-order valence-corrected chi connectivity index (χ1v) is 6.25. The first-order chi connectivity index (χ1) is 8.15. The molecule has 18 heavy (non-hydrogen) atoms. The molecule has 1 aromatic rings. The minimum absolute atomic E-state index is 0. The molecule has 0 saturated carbocycles. The van der Waals surface area contributed by atoms with Gasteiger partial charge in [-0.1, -0.05) is 30.7 Å². The molecule has 3 nitrogen and oxygen atoms in total. The molecule has 0 bridgehead atoms. The molecule has 0 aliphatic rings. The van der Waals surface area contributed by atoms with Crippen LogP contribution in [-0.2, 0) is 6.54 Å². The number of benzene rings is 1. The van der Waals surface area contributed by atoms with E-state index >= 15 is 0 Å². The zero-order chi connectivity index (χ0) is 12.7. The Morgan fingerprint density at radius 1 is 1.33 bits per heavy atom. The third kappa shape index (κ3) is 6.44. The molecule has 102 valence electrons. The van der Waals surface area contributed by atoms with Gasteiger partial charge in [0.05, 0.1) is 0 Å². The lowest BCUT2D eigenvalue weighted by Crippen LogP contribution is -2.41. The van der Waals surface area contributed by atoms with E-state index in [-0.39, 0.29) is 24.0 Å². The second-order valence-electron chi connectivity index (χ2n) is 4.01. The van der Waals surface area contributed by atoms with Crippen molar-refractivity contribution < 1.29 is 0 Å².